The Hall–Kier alpha value is -2.15. The zero-order valence-corrected chi connectivity index (χ0v) is 12.1. The molecule has 20 heavy (non-hydrogen) atoms. The molecule has 0 aliphatic rings. The van der Waals surface area contributed by atoms with Gasteiger partial charge in [0.2, 0.25) is 0 Å². The molecular weight excluding hydrogens is 272 g/mol. The van der Waals surface area contributed by atoms with Gasteiger partial charge in [-0.3, -0.25) is 0 Å². The topological polar surface area (TPSA) is 76.5 Å². The molecule has 3 rings (SSSR count). The molecule has 102 valence electrons. The fourth-order valence-electron chi connectivity index (χ4n) is 2.02. The van der Waals surface area contributed by atoms with Gasteiger partial charge in [-0.05, 0) is 13.8 Å². The van der Waals surface area contributed by atoms with Gasteiger partial charge < -0.3 is 5.32 Å². The summed E-state index contributed by atoms with van der Waals surface area (Å²) in [7, 11) is 0. The maximum absolute atomic E-state index is 4.43. The van der Waals surface area contributed by atoms with Crippen LogP contribution in [0.15, 0.2) is 18.7 Å². The lowest BCUT2D eigenvalue weighted by Crippen LogP contribution is -2.07. The van der Waals surface area contributed by atoms with Gasteiger partial charge in [0, 0.05) is 30.2 Å². The minimum absolute atomic E-state index is 0.606. The van der Waals surface area contributed by atoms with Crippen LogP contribution in [0.2, 0.25) is 0 Å². The van der Waals surface area contributed by atoms with Gasteiger partial charge in [-0.1, -0.05) is 0 Å². The first kappa shape index (κ1) is 12.9. The molecule has 0 aliphatic carbocycles. The average Bonchev–Trinajstić information content (AvgIpc) is 2.77. The van der Waals surface area contributed by atoms with Crippen molar-refractivity contribution < 1.29 is 0 Å². The Kier molecular flexibility index (Phi) is 3.51. The quantitative estimate of drug-likeness (QED) is 0.792. The molecule has 0 atom stereocenters. The highest BCUT2D eigenvalue weighted by Gasteiger charge is 2.07. The number of aromatic nitrogens is 5. The Morgan fingerprint density at radius 3 is 2.75 bits per heavy atom. The van der Waals surface area contributed by atoms with Crippen molar-refractivity contribution in [3.63, 3.8) is 0 Å². The van der Waals surface area contributed by atoms with Gasteiger partial charge in [0.1, 0.15) is 11.8 Å². The van der Waals surface area contributed by atoms with Crippen molar-refractivity contribution in [3.05, 3.63) is 34.3 Å². The molecule has 0 aliphatic heterocycles. The number of hydrogen-bond acceptors (Lipinski definition) is 7. The summed E-state index contributed by atoms with van der Waals surface area (Å²) < 4.78 is 0. The van der Waals surface area contributed by atoms with E-state index in [0.29, 0.717) is 11.2 Å². The van der Waals surface area contributed by atoms with Crippen LogP contribution in [-0.4, -0.2) is 31.5 Å². The Morgan fingerprint density at radius 1 is 1.10 bits per heavy atom. The van der Waals surface area contributed by atoms with Gasteiger partial charge in [0.25, 0.3) is 0 Å². The molecule has 3 aromatic rings. The van der Waals surface area contributed by atoms with E-state index in [-0.39, 0.29) is 0 Å². The van der Waals surface area contributed by atoms with E-state index < -0.39 is 0 Å². The van der Waals surface area contributed by atoms with Crippen molar-refractivity contribution in [2.75, 3.05) is 11.9 Å². The SMILES string of the molecule is Cc1nc(C)c(CCNc2ncnc3nccnc23)s1. The molecule has 0 amide bonds. The first-order valence-corrected chi connectivity index (χ1v) is 7.14. The van der Waals surface area contributed by atoms with Crippen molar-refractivity contribution in [2.24, 2.45) is 0 Å². The van der Waals surface area contributed by atoms with Gasteiger partial charge in [-0.25, -0.2) is 24.9 Å². The lowest BCUT2D eigenvalue weighted by molar-refractivity contribution is 0.999. The molecule has 3 heterocycles. The first-order valence-electron chi connectivity index (χ1n) is 6.32. The maximum Gasteiger partial charge on any atom is 0.183 e. The second kappa shape index (κ2) is 5.46. The molecule has 7 heteroatoms. The molecule has 0 radical (unpaired) electrons. The van der Waals surface area contributed by atoms with Crippen LogP contribution >= 0.6 is 11.3 Å². The van der Waals surface area contributed by atoms with Crippen molar-refractivity contribution >= 4 is 28.3 Å². The Labute approximate surface area is 120 Å². The molecule has 0 saturated heterocycles. The summed E-state index contributed by atoms with van der Waals surface area (Å²) in [5.74, 6) is 0.724. The number of thiazole rings is 1. The third kappa shape index (κ3) is 2.57. The molecule has 0 aromatic carbocycles. The summed E-state index contributed by atoms with van der Waals surface area (Å²) in [6, 6.07) is 0. The van der Waals surface area contributed by atoms with Crippen LogP contribution < -0.4 is 5.32 Å². The maximum atomic E-state index is 4.43. The van der Waals surface area contributed by atoms with E-state index in [1.54, 1.807) is 23.7 Å². The molecule has 0 bridgehead atoms. The number of nitrogens with zero attached hydrogens (tertiary/aromatic N) is 5. The van der Waals surface area contributed by atoms with Crippen molar-refractivity contribution in [1.82, 2.24) is 24.9 Å². The zero-order valence-electron chi connectivity index (χ0n) is 11.3. The lowest BCUT2D eigenvalue weighted by Gasteiger charge is -2.06. The molecule has 6 nitrogen and oxygen atoms in total. The summed E-state index contributed by atoms with van der Waals surface area (Å²) in [4.78, 5) is 22.5. The molecule has 1 N–H and O–H groups in total. The van der Waals surface area contributed by atoms with Gasteiger partial charge in [-0.2, -0.15) is 0 Å². The molecule has 0 fully saturated rings. The van der Waals surface area contributed by atoms with E-state index in [1.165, 1.54) is 11.2 Å². The van der Waals surface area contributed by atoms with Crippen LogP contribution in [0.3, 0.4) is 0 Å². The van der Waals surface area contributed by atoms with Crippen LogP contribution in [0.1, 0.15) is 15.6 Å². The molecule has 0 unspecified atom stereocenters. The van der Waals surface area contributed by atoms with E-state index in [9.17, 15) is 0 Å². The van der Waals surface area contributed by atoms with Crippen LogP contribution in [0.5, 0.6) is 0 Å². The van der Waals surface area contributed by atoms with Gasteiger partial charge in [-0.15, -0.1) is 11.3 Å². The number of nitrogens with one attached hydrogen (secondary N) is 1. The van der Waals surface area contributed by atoms with E-state index in [0.717, 1.165) is 29.5 Å². The minimum Gasteiger partial charge on any atom is -0.368 e. The highest BCUT2D eigenvalue weighted by atomic mass is 32.1. The normalized spacial score (nSPS) is 10.9. The molecular formula is C13H14N6S. The third-order valence-electron chi connectivity index (χ3n) is 2.91. The Morgan fingerprint density at radius 2 is 1.95 bits per heavy atom. The zero-order chi connectivity index (χ0) is 13.9. The first-order chi connectivity index (χ1) is 9.74. The summed E-state index contributed by atoms with van der Waals surface area (Å²) in [5.41, 5.74) is 2.42. The highest BCUT2D eigenvalue weighted by Crippen LogP contribution is 2.18. The molecule has 0 spiro atoms. The van der Waals surface area contributed by atoms with E-state index in [1.807, 2.05) is 13.8 Å². The number of hydrogen-bond donors (Lipinski definition) is 1. The van der Waals surface area contributed by atoms with Crippen molar-refractivity contribution in [3.8, 4) is 0 Å². The van der Waals surface area contributed by atoms with Crippen molar-refractivity contribution in [1.29, 1.82) is 0 Å². The summed E-state index contributed by atoms with van der Waals surface area (Å²) in [5, 5.41) is 4.41. The Balaban J connectivity index is 1.73. The number of fused-ring (bicyclic) bond motifs is 1. The van der Waals surface area contributed by atoms with Gasteiger partial charge >= 0.3 is 0 Å². The minimum atomic E-state index is 0.606. The van der Waals surface area contributed by atoms with Gasteiger partial charge in [0.15, 0.2) is 11.5 Å². The van der Waals surface area contributed by atoms with E-state index in [2.05, 4.69) is 30.2 Å². The number of rotatable bonds is 4. The Bertz CT molecular complexity index is 733. The monoisotopic (exact) mass is 286 g/mol. The smallest absolute Gasteiger partial charge is 0.183 e. The summed E-state index contributed by atoms with van der Waals surface area (Å²) in [6.07, 6.45) is 5.70. The van der Waals surface area contributed by atoms with Crippen molar-refractivity contribution in [2.45, 2.75) is 20.3 Å². The van der Waals surface area contributed by atoms with Crippen LogP contribution in [-0.2, 0) is 6.42 Å². The van der Waals surface area contributed by atoms with E-state index in [4.69, 9.17) is 0 Å². The second-order valence-corrected chi connectivity index (χ2v) is 5.66. The second-order valence-electron chi connectivity index (χ2n) is 4.37. The van der Waals surface area contributed by atoms with Gasteiger partial charge in [0.05, 0.1) is 10.7 Å². The average molecular weight is 286 g/mol. The predicted molar refractivity (Wildman–Crippen MR) is 78.9 cm³/mol. The fourth-order valence-corrected chi connectivity index (χ4v) is 2.96. The molecule has 0 saturated carbocycles. The molecule has 3 aromatic heterocycles. The lowest BCUT2D eigenvalue weighted by atomic mass is 10.3. The standard InChI is InChI=1S/C13H14N6S/c1-8-10(20-9(2)19-8)3-4-15-12-11-13(18-7-17-12)16-6-5-14-11/h5-7H,3-4H2,1-2H3,(H,15,16,17,18). The largest absolute Gasteiger partial charge is 0.368 e. The van der Waals surface area contributed by atoms with Crippen LogP contribution in [0.25, 0.3) is 11.2 Å². The summed E-state index contributed by atoms with van der Waals surface area (Å²) >= 11 is 1.74. The van der Waals surface area contributed by atoms with Crippen LogP contribution in [0.4, 0.5) is 5.82 Å². The number of anilines is 1. The third-order valence-corrected chi connectivity index (χ3v) is 4.05. The summed E-state index contributed by atoms with van der Waals surface area (Å²) in [6.45, 7) is 4.86. The number of aryl methyl sites for hydroxylation is 2. The van der Waals surface area contributed by atoms with Crippen LogP contribution in [0, 0.1) is 13.8 Å². The fraction of sp³-hybridized carbons (Fsp3) is 0.308. The van der Waals surface area contributed by atoms with E-state index >= 15 is 0 Å². The highest BCUT2D eigenvalue weighted by molar-refractivity contribution is 7.11. The predicted octanol–water partition coefficient (Wildman–Crippen LogP) is 2.15.